The third-order valence-corrected chi connectivity index (χ3v) is 16.6. The second-order valence-electron chi connectivity index (χ2n) is 14.3. The van der Waals surface area contributed by atoms with Gasteiger partial charge in [0.1, 0.15) is 0 Å². The average molecular weight is 997 g/mol. The monoisotopic (exact) mass is 996 g/mol. The molecule has 3 aliphatic heterocycles. The van der Waals surface area contributed by atoms with Crippen LogP contribution in [-0.4, -0.2) is 45.4 Å². The molecule has 0 atom stereocenters. The summed E-state index contributed by atoms with van der Waals surface area (Å²) < 4.78 is 233. The fraction of sp³-hybridized carbons (Fsp3) is 0. The molecule has 0 unspecified atom stereocenters. The Morgan fingerprint density at radius 1 is 0.328 bits per heavy atom. The molecular weight excluding hydrogens is 979 g/mol. The van der Waals surface area contributed by atoms with E-state index in [2.05, 4.69) is 15.0 Å². The third kappa shape index (κ3) is 7.00. The minimum absolute atomic E-state index is 0.394. The zero-order chi connectivity index (χ0) is 47.7. The van der Waals surface area contributed by atoms with Gasteiger partial charge in [-0.05, 0) is 0 Å². The summed E-state index contributed by atoms with van der Waals surface area (Å²) in [5.74, 6) is -35.6. The van der Waals surface area contributed by atoms with Gasteiger partial charge in [0.05, 0.1) is 0 Å². The molecule has 3 aromatic carbocycles. The van der Waals surface area contributed by atoms with E-state index in [9.17, 15) is 13.2 Å². The van der Waals surface area contributed by atoms with Gasteiger partial charge < -0.3 is 0 Å². The molecule has 6 nitrogen and oxygen atoms in total. The molecule has 0 radical (unpaired) electrons. The van der Waals surface area contributed by atoms with Crippen LogP contribution < -0.4 is 0 Å². The summed E-state index contributed by atoms with van der Waals surface area (Å²) >= 11 is -5.04. The van der Waals surface area contributed by atoms with Crippen LogP contribution in [0.4, 0.5) is 65.9 Å². The van der Waals surface area contributed by atoms with Crippen molar-refractivity contribution in [2.24, 2.45) is 15.0 Å². The molecule has 0 N–H and O–H groups in total. The molecule has 3 aromatic heterocycles. The molecule has 336 valence electrons. The fourth-order valence-corrected chi connectivity index (χ4v) is 14.0. The Morgan fingerprint density at radius 3 is 0.761 bits per heavy atom. The van der Waals surface area contributed by atoms with Crippen molar-refractivity contribution in [3.63, 3.8) is 0 Å². The van der Waals surface area contributed by atoms with Gasteiger partial charge >= 0.3 is 373 Å². The number of hydrogen-bond acceptors (Lipinski definition) is 3. The predicted molar refractivity (Wildman–Crippen MR) is 215 cm³/mol. The van der Waals surface area contributed by atoms with Crippen LogP contribution in [0.15, 0.2) is 124 Å². The topological polar surface area (TPSA) is 51.9 Å². The maximum absolute atomic E-state index is 16.0. The molecular formula is C45H18F15GaN6. The van der Waals surface area contributed by atoms with E-state index in [0.717, 1.165) is 55.1 Å². The summed E-state index contributed by atoms with van der Waals surface area (Å²) in [4.78, 5) is 12.2. The summed E-state index contributed by atoms with van der Waals surface area (Å²) in [7, 11) is 0. The van der Waals surface area contributed by atoms with Crippen molar-refractivity contribution in [3.05, 3.63) is 230 Å². The number of nitrogens with zero attached hydrogens (tertiary/aromatic N) is 6. The molecule has 0 fully saturated rings. The van der Waals surface area contributed by atoms with Crippen molar-refractivity contribution in [2.75, 3.05) is 0 Å². The van der Waals surface area contributed by atoms with E-state index in [-0.39, 0.29) is 0 Å². The Morgan fingerprint density at radius 2 is 0.552 bits per heavy atom. The number of aromatic nitrogens is 3. The van der Waals surface area contributed by atoms with Crippen molar-refractivity contribution < 1.29 is 65.9 Å². The van der Waals surface area contributed by atoms with Gasteiger partial charge in [-0.1, -0.05) is 0 Å². The Kier molecular flexibility index (Phi) is 11.4. The molecule has 6 heterocycles. The van der Waals surface area contributed by atoms with Crippen LogP contribution in [0, 0.1) is 87.3 Å². The van der Waals surface area contributed by atoms with Crippen LogP contribution in [0.1, 0.15) is 33.8 Å². The first-order chi connectivity index (χ1) is 32.1. The van der Waals surface area contributed by atoms with Gasteiger partial charge in [-0.15, -0.1) is 0 Å². The molecule has 0 saturated carbocycles. The zero-order valence-electron chi connectivity index (χ0n) is 32.8. The number of benzene rings is 3. The van der Waals surface area contributed by atoms with Crippen molar-refractivity contribution in [1.82, 2.24) is 9.82 Å². The van der Waals surface area contributed by atoms with Gasteiger partial charge in [0, 0.05) is 0 Å². The maximum atomic E-state index is 16.0. The van der Waals surface area contributed by atoms with E-state index in [1.165, 1.54) is 64.8 Å². The fourth-order valence-electron chi connectivity index (χ4n) is 7.80. The molecule has 9 rings (SSSR count). The van der Waals surface area contributed by atoms with E-state index in [0.29, 0.717) is 0 Å². The van der Waals surface area contributed by atoms with E-state index < -0.39 is 172 Å². The summed E-state index contributed by atoms with van der Waals surface area (Å²) in [6, 6.07) is 7.05. The van der Waals surface area contributed by atoms with Crippen molar-refractivity contribution >= 4 is 52.3 Å². The normalized spacial score (nSPS) is 16.2. The van der Waals surface area contributed by atoms with Gasteiger partial charge in [-0.3, -0.25) is 0 Å². The summed E-state index contributed by atoms with van der Waals surface area (Å²) in [5.41, 5.74) is -9.21. The number of rotatable bonds is 9. The SMILES string of the molecule is Fc1c(F)c(F)c(/C(=C2\C=CC=N2)c2ccc[n]2[Ga]([n]2cccc2/C(=C2/C=CC=N2)c2c(F)c(F)c(F)c(F)c2F)[n]2cccc2/C(=C2/C=CC=N2)c2c(F)c(F)c(F)c(F)c2F)c(F)c1F. The number of hydrogen-bond donors (Lipinski definition) is 0. The Hall–Kier alpha value is -7.46. The molecule has 0 amide bonds. The molecule has 0 spiro atoms. The standard InChI is InChI=1S/3C15H6F5N2.Ga/c3*16-11-10(12(17)14(19)15(20)13(11)18)9(7-3-1-5-21-7)8-4-2-6-22-8;/h3*1-6H;/q3*-1;+3/b3*9-7+;. The Balaban J connectivity index is 1.41. The minimum atomic E-state index is -5.04. The van der Waals surface area contributed by atoms with Crippen LogP contribution in [0.5, 0.6) is 0 Å². The first-order valence-electron chi connectivity index (χ1n) is 19.0. The van der Waals surface area contributed by atoms with Crippen molar-refractivity contribution in [2.45, 2.75) is 0 Å². The molecule has 6 aromatic rings. The summed E-state index contributed by atoms with van der Waals surface area (Å²) in [6.07, 6.45) is 14.1. The molecule has 0 saturated heterocycles. The zero-order valence-corrected chi connectivity index (χ0v) is 35.2. The van der Waals surface area contributed by atoms with E-state index >= 15 is 52.7 Å². The Bertz CT molecular complexity index is 2950. The molecule has 0 aliphatic carbocycles. The van der Waals surface area contributed by atoms with Gasteiger partial charge in [-0.25, -0.2) is 0 Å². The van der Waals surface area contributed by atoms with Crippen LogP contribution in [0.2, 0.25) is 0 Å². The van der Waals surface area contributed by atoms with E-state index in [1.807, 2.05) is 0 Å². The summed E-state index contributed by atoms with van der Waals surface area (Å²) in [5, 5.41) is 0. The number of halogens is 15. The average Bonchev–Trinajstić information content (AvgIpc) is 4.19. The molecule has 67 heavy (non-hydrogen) atoms. The van der Waals surface area contributed by atoms with Crippen LogP contribution >= 0.6 is 0 Å². The van der Waals surface area contributed by atoms with Crippen LogP contribution in [0.3, 0.4) is 0 Å². The predicted octanol–water partition coefficient (Wildman–Crippen LogP) is 11.3. The van der Waals surface area contributed by atoms with E-state index in [4.69, 9.17) is 0 Å². The van der Waals surface area contributed by atoms with Gasteiger partial charge in [0.15, 0.2) is 0 Å². The van der Waals surface area contributed by atoms with Crippen LogP contribution in [-0.2, 0) is 0 Å². The summed E-state index contributed by atoms with van der Waals surface area (Å²) in [6.45, 7) is 0. The van der Waals surface area contributed by atoms with Crippen LogP contribution in [0.25, 0.3) is 16.7 Å². The van der Waals surface area contributed by atoms with Gasteiger partial charge in [0.25, 0.3) is 0 Å². The second kappa shape index (κ2) is 17.1. The first-order valence-corrected chi connectivity index (χ1v) is 22.2. The Labute approximate surface area is 371 Å². The van der Waals surface area contributed by atoms with Crippen molar-refractivity contribution in [1.29, 1.82) is 0 Å². The van der Waals surface area contributed by atoms with E-state index in [1.54, 1.807) is 0 Å². The number of allylic oxidation sites excluding steroid dienone is 6. The first kappa shape index (κ1) is 44.7. The van der Waals surface area contributed by atoms with Crippen molar-refractivity contribution in [3.8, 4) is 0 Å². The van der Waals surface area contributed by atoms with Gasteiger partial charge in [-0.2, -0.15) is 0 Å². The van der Waals surface area contributed by atoms with Gasteiger partial charge in [0.2, 0.25) is 0 Å². The number of aliphatic imine (C=N–C) groups is 3. The molecule has 3 aliphatic rings. The molecule has 0 bridgehead atoms. The third-order valence-electron chi connectivity index (χ3n) is 10.7. The molecule has 22 heteroatoms. The second-order valence-corrected chi connectivity index (χ2v) is 19.2. The quantitative estimate of drug-likeness (QED) is 0.0600.